The monoisotopic (exact) mass is 521 g/mol. The number of aryl methyl sites for hydroxylation is 1. The fourth-order valence-electron chi connectivity index (χ4n) is 3.58. The van der Waals surface area contributed by atoms with E-state index in [9.17, 15) is 14.4 Å². The summed E-state index contributed by atoms with van der Waals surface area (Å²) in [7, 11) is 1.76. The van der Waals surface area contributed by atoms with Crippen molar-refractivity contribution >= 4 is 50.0 Å². The van der Waals surface area contributed by atoms with Crippen LogP contribution in [0.15, 0.2) is 79.1 Å². The Hall–Kier alpha value is -4.38. The average Bonchev–Trinajstić information content (AvgIpc) is 3.56. The van der Waals surface area contributed by atoms with Crippen LogP contribution in [0.1, 0.15) is 21.0 Å². The predicted molar refractivity (Wildman–Crippen MR) is 128 cm³/mol. The van der Waals surface area contributed by atoms with Gasteiger partial charge in [-0.1, -0.05) is 27.2 Å². The molecule has 0 saturated heterocycles. The summed E-state index contributed by atoms with van der Waals surface area (Å²) in [5.41, 5.74) is 2.63. The third-order valence-corrected chi connectivity index (χ3v) is 5.70. The molecule has 3 heterocycles. The summed E-state index contributed by atoms with van der Waals surface area (Å²) < 4.78 is 12.2. The van der Waals surface area contributed by atoms with Crippen molar-refractivity contribution in [2.75, 3.05) is 10.6 Å². The number of carbonyl (C=O) groups is 2. The highest BCUT2D eigenvalue weighted by atomic mass is 79.9. The molecule has 34 heavy (non-hydrogen) atoms. The molecule has 0 fully saturated rings. The standard InChI is InChI=1S/C23H16BrN5O5/c1-29-17-11-14(25-22(31)19-3-2-8-33-19)6-4-12(17)9-18(29)21(30)26-16-7-5-13(24)10-15(16)20-27-23(32)34-28-20/h2-11H,1H3,(H,25,31)(H,26,30)(H,27,28,32). The van der Waals surface area contributed by atoms with Crippen molar-refractivity contribution in [2.45, 2.75) is 0 Å². The Balaban J connectivity index is 1.44. The number of amides is 2. The molecule has 170 valence electrons. The lowest BCUT2D eigenvalue weighted by atomic mass is 10.1. The molecule has 0 atom stereocenters. The lowest BCUT2D eigenvalue weighted by Crippen LogP contribution is -2.16. The van der Waals surface area contributed by atoms with E-state index >= 15 is 0 Å². The number of H-pyrrole nitrogens is 1. The van der Waals surface area contributed by atoms with Crippen molar-refractivity contribution in [1.82, 2.24) is 14.7 Å². The van der Waals surface area contributed by atoms with Gasteiger partial charge in [0.2, 0.25) is 0 Å². The number of aromatic nitrogens is 3. The van der Waals surface area contributed by atoms with Crippen molar-refractivity contribution in [2.24, 2.45) is 7.05 Å². The van der Waals surface area contributed by atoms with E-state index in [2.05, 4.69) is 41.2 Å². The van der Waals surface area contributed by atoms with Gasteiger partial charge in [-0.2, -0.15) is 0 Å². The Kier molecular flexibility index (Phi) is 5.38. The maximum absolute atomic E-state index is 13.2. The Bertz CT molecular complexity index is 1600. The predicted octanol–water partition coefficient (Wildman–Crippen LogP) is 4.38. The number of hydrogen-bond acceptors (Lipinski definition) is 6. The number of rotatable bonds is 5. The number of aromatic amines is 1. The van der Waals surface area contributed by atoms with Crippen molar-refractivity contribution in [3.8, 4) is 11.4 Å². The van der Waals surface area contributed by atoms with E-state index in [0.717, 1.165) is 15.4 Å². The van der Waals surface area contributed by atoms with Crippen LogP contribution < -0.4 is 16.4 Å². The van der Waals surface area contributed by atoms with Gasteiger partial charge in [0.05, 0.1) is 17.5 Å². The molecule has 11 heteroatoms. The van der Waals surface area contributed by atoms with Gasteiger partial charge in [0.1, 0.15) is 5.69 Å². The van der Waals surface area contributed by atoms with Crippen LogP contribution in [0.3, 0.4) is 0 Å². The van der Waals surface area contributed by atoms with Crippen LogP contribution in [0.2, 0.25) is 0 Å². The number of furan rings is 1. The first-order chi connectivity index (χ1) is 16.4. The van der Waals surface area contributed by atoms with Gasteiger partial charge in [-0.05, 0) is 48.5 Å². The number of anilines is 2. The molecule has 2 aromatic carbocycles. The molecular formula is C23H16BrN5O5. The Morgan fingerprint density at radius 1 is 1.06 bits per heavy atom. The molecule has 0 radical (unpaired) electrons. The summed E-state index contributed by atoms with van der Waals surface area (Å²) >= 11 is 3.38. The molecular weight excluding hydrogens is 506 g/mol. The maximum atomic E-state index is 13.2. The smallest absolute Gasteiger partial charge is 0.439 e. The third-order valence-electron chi connectivity index (χ3n) is 5.21. The van der Waals surface area contributed by atoms with Gasteiger partial charge in [-0.3, -0.25) is 19.1 Å². The number of nitrogens with one attached hydrogen (secondary N) is 3. The van der Waals surface area contributed by atoms with Crippen molar-refractivity contribution in [3.05, 3.63) is 87.3 Å². The second-order valence-corrected chi connectivity index (χ2v) is 8.30. The van der Waals surface area contributed by atoms with Gasteiger partial charge in [-0.15, -0.1) is 0 Å². The van der Waals surface area contributed by atoms with Gasteiger partial charge in [0.25, 0.3) is 11.8 Å². The summed E-state index contributed by atoms with van der Waals surface area (Å²) in [5, 5.41) is 10.2. The maximum Gasteiger partial charge on any atom is 0.439 e. The molecule has 5 aromatic rings. The van der Waals surface area contributed by atoms with Crippen LogP contribution >= 0.6 is 15.9 Å². The minimum absolute atomic E-state index is 0.190. The van der Waals surface area contributed by atoms with E-state index in [-0.39, 0.29) is 23.4 Å². The van der Waals surface area contributed by atoms with Crippen molar-refractivity contribution in [1.29, 1.82) is 0 Å². The van der Waals surface area contributed by atoms with E-state index in [1.807, 2.05) is 6.07 Å². The van der Waals surface area contributed by atoms with E-state index in [1.54, 1.807) is 60.1 Å². The molecule has 0 aliphatic heterocycles. The molecule has 3 N–H and O–H groups in total. The Labute approximate surface area is 199 Å². The van der Waals surface area contributed by atoms with Gasteiger partial charge in [0.15, 0.2) is 11.6 Å². The molecule has 0 aliphatic carbocycles. The summed E-state index contributed by atoms with van der Waals surface area (Å²) in [6.07, 6.45) is 1.43. The summed E-state index contributed by atoms with van der Waals surface area (Å²) in [6.45, 7) is 0. The minimum Gasteiger partial charge on any atom is -0.459 e. The number of carbonyl (C=O) groups excluding carboxylic acids is 2. The highest BCUT2D eigenvalue weighted by Crippen LogP contribution is 2.30. The van der Waals surface area contributed by atoms with E-state index in [4.69, 9.17) is 4.42 Å². The molecule has 3 aromatic heterocycles. The normalized spacial score (nSPS) is 11.0. The number of halogens is 1. The topological polar surface area (TPSA) is 135 Å². The van der Waals surface area contributed by atoms with Crippen molar-refractivity contribution in [3.63, 3.8) is 0 Å². The summed E-state index contributed by atoms with van der Waals surface area (Å²) in [4.78, 5) is 39.3. The van der Waals surface area contributed by atoms with Gasteiger partial charge < -0.3 is 19.6 Å². The second-order valence-electron chi connectivity index (χ2n) is 7.38. The minimum atomic E-state index is -0.698. The lowest BCUT2D eigenvalue weighted by Gasteiger charge is -2.10. The fourth-order valence-corrected chi connectivity index (χ4v) is 3.94. The zero-order valence-corrected chi connectivity index (χ0v) is 19.2. The average molecular weight is 522 g/mol. The SMILES string of the molecule is Cn1c(C(=O)Nc2ccc(Br)cc2-c2noc(=O)[nH]2)cc2ccc(NC(=O)c3ccco3)cc21. The first kappa shape index (κ1) is 21.5. The summed E-state index contributed by atoms with van der Waals surface area (Å²) in [6, 6.07) is 15.5. The molecule has 0 aliphatic rings. The van der Waals surface area contributed by atoms with Crippen LogP contribution in [0, 0.1) is 0 Å². The van der Waals surface area contributed by atoms with E-state index < -0.39 is 5.76 Å². The quantitative estimate of drug-likeness (QED) is 0.314. The van der Waals surface area contributed by atoms with Crippen LogP contribution in [-0.2, 0) is 7.05 Å². The largest absolute Gasteiger partial charge is 0.459 e. The number of hydrogen-bond donors (Lipinski definition) is 3. The number of nitrogens with zero attached hydrogens (tertiary/aromatic N) is 2. The van der Waals surface area contributed by atoms with Crippen LogP contribution in [-0.4, -0.2) is 26.5 Å². The Morgan fingerprint density at radius 3 is 2.65 bits per heavy atom. The fraction of sp³-hybridized carbons (Fsp3) is 0.0435. The summed E-state index contributed by atoms with van der Waals surface area (Å²) in [5.74, 6) is -1.04. The zero-order chi connectivity index (χ0) is 23.8. The Morgan fingerprint density at radius 2 is 1.91 bits per heavy atom. The highest BCUT2D eigenvalue weighted by molar-refractivity contribution is 9.10. The third kappa shape index (κ3) is 4.04. The molecule has 0 saturated carbocycles. The first-order valence-corrected chi connectivity index (χ1v) is 10.8. The van der Waals surface area contributed by atoms with E-state index in [1.165, 1.54) is 6.26 Å². The van der Waals surface area contributed by atoms with Crippen LogP contribution in [0.4, 0.5) is 11.4 Å². The zero-order valence-electron chi connectivity index (χ0n) is 17.6. The molecule has 0 bridgehead atoms. The number of benzene rings is 2. The van der Waals surface area contributed by atoms with Crippen molar-refractivity contribution < 1.29 is 18.5 Å². The van der Waals surface area contributed by atoms with Gasteiger partial charge in [-0.25, -0.2) is 4.79 Å². The first-order valence-electron chi connectivity index (χ1n) is 10.0. The van der Waals surface area contributed by atoms with Gasteiger partial charge >= 0.3 is 5.76 Å². The lowest BCUT2D eigenvalue weighted by molar-refractivity contribution is 0.0994. The molecule has 0 spiro atoms. The molecule has 0 unspecified atom stereocenters. The second kappa shape index (κ2) is 8.52. The van der Waals surface area contributed by atoms with Crippen LogP contribution in [0.5, 0.6) is 0 Å². The molecule has 5 rings (SSSR count). The van der Waals surface area contributed by atoms with Gasteiger partial charge in [0, 0.05) is 28.2 Å². The highest BCUT2D eigenvalue weighted by Gasteiger charge is 2.18. The van der Waals surface area contributed by atoms with E-state index in [0.29, 0.717) is 22.6 Å². The number of fused-ring (bicyclic) bond motifs is 1. The van der Waals surface area contributed by atoms with Crippen LogP contribution in [0.25, 0.3) is 22.3 Å². The molecule has 2 amide bonds. The molecule has 10 nitrogen and oxygen atoms in total.